The van der Waals surface area contributed by atoms with Crippen LogP contribution in [-0.2, 0) is 6.42 Å². The number of carboxylic acid groups (broad SMARTS) is 1. The minimum Gasteiger partial charge on any atom is -0.477 e. The highest BCUT2D eigenvalue weighted by molar-refractivity contribution is 7.09. The van der Waals surface area contributed by atoms with E-state index in [1.165, 1.54) is 0 Å². The fourth-order valence-electron chi connectivity index (χ4n) is 2.11. The van der Waals surface area contributed by atoms with Gasteiger partial charge in [0.1, 0.15) is 0 Å². The van der Waals surface area contributed by atoms with E-state index in [4.69, 9.17) is 5.11 Å². The number of nitrogens with one attached hydrogen (secondary N) is 1. The van der Waals surface area contributed by atoms with Crippen molar-refractivity contribution < 1.29 is 9.90 Å². The molecule has 0 radical (unpaired) electrons. The molecule has 2 heterocycles. The van der Waals surface area contributed by atoms with Gasteiger partial charge in [0.25, 0.3) is 0 Å². The Kier molecular flexibility index (Phi) is 3.79. The summed E-state index contributed by atoms with van der Waals surface area (Å²) in [5.41, 5.74) is 1.51. The number of carboxylic acids is 1. The molecule has 0 aliphatic heterocycles. The van der Waals surface area contributed by atoms with E-state index in [1.54, 1.807) is 23.6 Å². The lowest BCUT2D eigenvalue weighted by atomic mass is 10.1. The monoisotopic (exact) mass is 299 g/mol. The number of nitrogens with zero attached hydrogens (tertiary/aromatic N) is 2. The first-order chi connectivity index (χ1) is 10.2. The first-order valence-electron chi connectivity index (χ1n) is 6.49. The first kappa shape index (κ1) is 13.5. The Labute approximate surface area is 125 Å². The van der Waals surface area contributed by atoms with Gasteiger partial charge in [-0.2, -0.15) is 0 Å². The van der Waals surface area contributed by atoms with Gasteiger partial charge in [0.05, 0.1) is 10.5 Å². The number of rotatable bonds is 5. The summed E-state index contributed by atoms with van der Waals surface area (Å²) in [6.45, 7) is 0.695. The third-order valence-electron chi connectivity index (χ3n) is 3.07. The molecule has 5 nitrogen and oxygen atoms in total. The number of hydrogen-bond acceptors (Lipinski definition) is 5. The number of aromatic carboxylic acids is 1. The van der Waals surface area contributed by atoms with Crippen molar-refractivity contribution in [2.75, 3.05) is 11.9 Å². The molecular weight excluding hydrogens is 286 g/mol. The van der Waals surface area contributed by atoms with Crippen molar-refractivity contribution >= 4 is 33.9 Å². The summed E-state index contributed by atoms with van der Waals surface area (Å²) in [6.07, 6.45) is 2.58. The van der Waals surface area contributed by atoms with Crippen molar-refractivity contribution in [1.82, 2.24) is 9.97 Å². The molecule has 2 aromatic heterocycles. The Morgan fingerprint density at radius 3 is 2.95 bits per heavy atom. The van der Waals surface area contributed by atoms with Crippen LogP contribution < -0.4 is 5.32 Å². The SMILES string of the molecule is O=C(O)c1cc(NCCc2nccs2)c2ccccc2n1. The van der Waals surface area contributed by atoms with Crippen molar-refractivity contribution in [3.8, 4) is 0 Å². The van der Waals surface area contributed by atoms with Crippen LogP contribution >= 0.6 is 11.3 Å². The van der Waals surface area contributed by atoms with E-state index >= 15 is 0 Å². The van der Waals surface area contributed by atoms with E-state index in [9.17, 15) is 4.79 Å². The summed E-state index contributed by atoms with van der Waals surface area (Å²) >= 11 is 1.61. The average molecular weight is 299 g/mol. The van der Waals surface area contributed by atoms with Crippen LogP contribution in [0, 0.1) is 0 Å². The fraction of sp³-hybridized carbons (Fsp3) is 0.133. The van der Waals surface area contributed by atoms with Crippen LogP contribution in [-0.4, -0.2) is 27.6 Å². The highest BCUT2D eigenvalue weighted by atomic mass is 32.1. The van der Waals surface area contributed by atoms with Crippen LogP contribution in [0.15, 0.2) is 41.9 Å². The summed E-state index contributed by atoms with van der Waals surface area (Å²) in [4.78, 5) is 19.5. The molecule has 0 unspecified atom stereocenters. The van der Waals surface area contributed by atoms with E-state index < -0.39 is 5.97 Å². The number of hydrogen-bond donors (Lipinski definition) is 2. The van der Waals surface area contributed by atoms with Crippen LogP contribution in [0.4, 0.5) is 5.69 Å². The molecule has 2 N–H and O–H groups in total. The zero-order valence-corrected chi connectivity index (χ0v) is 11.9. The maximum absolute atomic E-state index is 11.2. The largest absolute Gasteiger partial charge is 0.477 e. The van der Waals surface area contributed by atoms with Crippen molar-refractivity contribution in [2.24, 2.45) is 0 Å². The first-order valence-corrected chi connectivity index (χ1v) is 7.37. The zero-order valence-electron chi connectivity index (χ0n) is 11.1. The van der Waals surface area contributed by atoms with E-state index in [1.807, 2.05) is 29.6 Å². The van der Waals surface area contributed by atoms with Gasteiger partial charge in [0, 0.05) is 35.6 Å². The molecule has 0 amide bonds. The van der Waals surface area contributed by atoms with Gasteiger partial charge in [-0.25, -0.2) is 14.8 Å². The standard InChI is InChI=1S/C15H13N3O2S/c19-15(20)13-9-12(10-3-1-2-4-11(10)18-13)16-6-5-14-17-7-8-21-14/h1-4,7-9H,5-6H2,(H,16,18)(H,19,20). The fourth-order valence-corrected chi connectivity index (χ4v) is 2.73. The second kappa shape index (κ2) is 5.88. The molecule has 0 atom stereocenters. The minimum absolute atomic E-state index is 0.0467. The topological polar surface area (TPSA) is 75.1 Å². The lowest BCUT2D eigenvalue weighted by molar-refractivity contribution is 0.0691. The van der Waals surface area contributed by atoms with Gasteiger partial charge in [-0.05, 0) is 12.1 Å². The molecular formula is C15H13N3O2S. The molecule has 3 rings (SSSR count). The van der Waals surface area contributed by atoms with Crippen molar-refractivity contribution in [1.29, 1.82) is 0 Å². The molecule has 0 fully saturated rings. The van der Waals surface area contributed by atoms with Gasteiger partial charge >= 0.3 is 5.97 Å². The Morgan fingerprint density at radius 2 is 2.19 bits per heavy atom. The normalized spacial score (nSPS) is 10.7. The van der Waals surface area contributed by atoms with Crippen molar-refractivity contribution in [2.45, 2.75) is 6.42 Å². The number of thiazole rings is 1. The minimum atomic E-state index is -1.02. The number of carbonyl (C=O) groups is 1. The molecule has 0 aliphatic carbocycles. The van der Waals surface area contributed by atoms with Crippen LogP contribution in [0.2, 0.25) is 0 Å². The smallest absolute Gasteiger partial charge is 0.354 e. The quantitative estimate of drug-likeness (QED) is 0.757. The Hall–Kier alpha value is -2.47. The molecule has 0 saturated heterocycles. The molecule has 0 aliphatic rings. The van der Waals surface area contributed by atoms with Gasteiger partial charge in [-0.15, -0.1) is 11.3 Å². The number of para-hydroxylation sites is 1. The van der Waals surface area contributed by atoms with E-state index in [0.29, 0.717) is 12.1 Å². The van der Waals surface area contributed by atoms with Gasteiger partial charge in [0.2, 0.25) is 0 Å². The summed E-state index contributed by atoms with van der Waals surface area (Å²) in [6, 6.07) is 9.08. The zero-order chi connectivity index (χ0) is 14.7. The average Bonchev–Trinajstić information content (AvgIpc) is 3.00. The highest BCUT2D eigenvalue weighted by Gasteiger charge is 2.10. The predicted molar refractivity (Wildman–Crippen MR) is 83.0 cm³/mol. The van der Waals surface area contributed by atoms with Crippen molar-refractivity contribution in [3.05, 3.63) is 52.6 Å². The molecule has 21 heavy (non-hydrogen) atoms. The Morgan fingerprint density at radius 1 is 1.33 bits per heavy atom. The maximum Gasteiger partial charge on any atom is 0.354 e. The third-order valence-corrected chi connectivity index (χ3v) is 3.91. The second-order valence-electron chi connectivity index (χ2n) is 4.48. The predicted octanol–water partition coefficient (Wildman–Crippen LogP) is 3.04. The molecule has 106 valence electrons. The molecule has 0 spiro atoms. The third kappa shape index (κ3) is 3.00. The van der Waals surface area contributed by atoms with Crippen LogP contribution in [0.3, 0.4) is 0 Å². The van der Waals surface area contributed by atoms with Gasteiger partial charge < -0.3 is 10.4 Å². The lowest BCUT2D eigenvalue weighted by Gasteiger charge is -2.10. The molecule has 0 bridgehead atoms. The molecule has 1 aromatic carbocycles. The number of anilines is 1. The van der Waals surface area contributed by atoms with Gasteiger partial charge in [-0.1, -0.05) is 18.2 Å². The Balaban J connectivity index is 1.87. The number of aromatic nitrogens is 2. The van der Waals surface area contributed by atoms with Gasteiger partial charge in [0.15, 0.2) is 5.69 Å². The molecule has 0 saturated carbocycles. The molecule has 3 aromatic rings. The summed E-state index contributed by atoms with van der Waals surface area (Å²) in [5.74, 6) is -1.02. The van der Waals surface area contributed by atoms with Crippen LogP contribution in [0.25, 0.3) is 10.9 Å². The van der Waals surface area contributed by atoms with Crippen LogP contribution in [0.5, 0.6) is 0 Å². The highest BCUT2D eigenvalue weighted by Crippen LogP contribution is 2.23. The maximum atomic E-state index is 11.2. The van der Waals surface area contributed by atoms with E-state index in [2.05, 4.69) is 15.3 Å². The Bertz CT molecular complexity index is 772. The molecule has 6 heteroatoms. The lowest BCUT2D eigenvalue weighted by Crippen LogP contribution is -2.08. The number of benzene rings is 1. The number of fused-ring (bicyclic) bond motifs is 1. The summed E-state index contributed by atoms with van der Waals surface area (Å²) < 4.78 is 0. The van der Waals surface area contributed by atoms with Crippen LogP contribution in [0.1, 0.15) is 15.5 Å². The van der Waals surface area contributed by atoms with E-state index in [0.717, 1.165) is 22.5 Å². The van der Waals surface area contributed by atoms with Gasteiger partial charge in [-0.3, -0.25) is 0 Å². The van der Waals surface area contributed by atoms with Crippen molar-refractivity contribution in [3.63, 3.8) is 0 Å². The summed E-state index contributed by atoms with van der Waals surface area (Å²) in [7, 11) is 0. The van der Waals surface area contributed by atoms with E-state index in [-0.39, 0.29) is 5.69 Å². The summed E-state index contributed by atoms with van der Waals surface area (Å²) in [5, 5.41) is 16.3. The number of pyridine rings is 1. The second-order valence-corrected chi connectivity index (χ2v) is 5.46.